The van der Waals surface area contributed by atoms with E-state index >= 15 is 4.39 Å². The van der Waals surface area contributed by atoms with Crippen LogP contribution in [0.2, 0.25) is 10.0 Å². The normalized spacial score (nSPS) is 12.0. The highest BCUT2D eigenvalue weighted by Crippen LogP contribution is 2.40. The van der Waals surface area contributed by atoms with Crippen molar-refractivity contribution < 1.29 is 88.3 Å². The number of nitrogens with one attached hydrogen (secondary N) is 1. The van der Waals surface area contributed by atoms with Gasteiger partial charge in [0.15, 0.2) is 5.16 Å². The molecular weight excluding hydrogens is 1150 g/mol. The Kier molecular flexibility index (Phi) is 37.0. The van der Waals surface area contributed by atoms with Gasteiger partial charge in [-0.25, -0.2) is 26.9 Å². The molecule has 3 aromatic carbocycles. The number of rotatable bonds is 51. The Balaban J connectivity index is 0.926. The van der Waals surface area contributed by atoms with Gasteiger partial charge in [0.05, 0.1) is 207 Å². The number of imidazole rings is 1. The first-order valence-corrected chi connectivity index (χ1v) is 29.9. The van der Waals surface area contributed by atoms with Gasteiger partial charge in [0.2, 0.25) is 10.0 Å². The lowest BCUT2D eigenvalue weighted by atomic mass is 9.81. The molecule has 4 rings (SSSR count). The van der Waals surface area contributed by atoms with E-state index in [1.54, 1.807) is 31.5 Å². The van der Waals surface area contributed by atoms with Crippen molar-refractivity contribution in [3.8, 4) is 11.4 Å². The van der Waals surface area contributed by atoms with E-state index in [1.807, 2.05) is 30.5 Å². The number of halogens is 4. The minimum Gasteiger partial charge on any atom is -0.495 e. The number of nitrogens with zero attached hydrogens (tertiary/aromatic N) is 2. The molecule has 4 aromatic rings. The topological polar surface area (TPSA) is 202 Å². The molecule has 81 heavy (non-hydrogen) atoms. The molecule has 0 amide bonds. The molecule has 1 aromatic heterocycles. The van der Waals surface area contributed by atoms with Gasteiger partial charge in [-0.05, 0) is 54.1 Å². The third-order valence-electron chi connectivity index (χ3n) is 11.5. The average molecular weight is 1230 g/mol. The van der Waals surface area contributed by atoms with Gasteiger partial charge in [-0.15, -0.1) is 0 Å². The van der Waals surface area contributed by atoms with E-state index in [0.29, 0.717) is 180 Å². The summed E-state index contributed by atoms with van der Waals surface area (Å²) in [5.41, 5.74) is 1.69. The Morgan fingerprint density at radius 1 is 0.543 bits per heavy atom. The highest BCUT2D eigenvalue weighted by atomic mass is 35.5. The molecular formula is C55H81Cl2F2N3O17S2. The summed E-state index contributed by atoms with van der Waals surface area (Å²) in [6.45, 7) is 15.7. The van der Waals surface area contributed by atoms with Gasteiger partial charge in [-0.3, -0.25) is 4.57 Å². The summed E-state index contributed by atoms with van der Waals surface area (Å²) in [6, 6.07) is 13.6. The van der Waals surface area contributed by atoms with E-state index in [-0.39, 0.29) is 47.6 Å². The molecule has 0 spiro atoms. The zero-order valence-electron chi connectivity index (χ0n) is 46.9. The first kappa shape index (κ1) is 70.3. The number of methoxy groups -OCH3 is 2. The fourth-order valence-corrected chi connectivity index (χ4v) is 9.83. The monoisotopic (exact) mass is 1230 g/mol. The summed E-state index contributed by atoms with van der Waals surface area (Å²) in [4.78, 5) is 4.34. The average Bonchev–Trinajstić information content (AvgIpc) is 3.78. The predicted octanol–water partition coefficient (Wildman–Crippen LogP) is 7.22. The Labute approximate surface area is 490 Å². The smallest absolute Gasteiger partial charge is 0.240 e. The Morgan fingerprint density at radius 3 is 1.35 bits per heavy atom. The maximum Gasteiger partial charge on any atom is 0.240 e. The van der Waals surface area contributed by atoms with Crippen molar-refractivity contribution in [1.82, 2.24) is 14.3 Å². The zero-order valence-corrected chi connectivity index (χ0v) is 50.1. The van der Waals surface area contributed by atoms with Gasteiger partial charge in [0, 0.05) is 41.1 Å². The van der Waals surface area contributed by atoms with Crippen LogP contribution in [0.3, 0.4) is 0 Å². The van der Waals surface area contributed by atoms with Gasteiger partial charge in [0.25, 0.3) is 0 Å². The van der Waals surface area contributed by atoms with Crippen LogP contribution in [0.25, 0.3) is 5.69 Å². The SMILES string of the molecule is COCCOCCOCCOCCOCCOCCOCCOCCOCCOCCOCCOCCOCCOCCNS(=O)(=O)c1cc(F)c(CSc2ncc(C(C)(C)c3ccc(Cl)c(OC)c3)n2-c2ccc(F)cc2)c(Cl)c1. The maximum atomic E-state index is 15.7. The summed E-state index contributed by atoms with van der Waals surface area (Å²) >= 11 is 14.0. The van der Waals surface area contributed by atoms with E-state index in [2.05, 4.69) is 9.71 Å². The molecule has 0 saturated carbocycles. The molecule has 0 atom stereocenters. The molecule has 0 saturated heterocycles. The highest BCUT2D eigenvalue weighted by Gasteiger charge is 2.31. The second kappa shape index (κ2) is 42.6. The van der Waals surface area contributed by atoms with E-state index in [9.17, 15) is 12.8 Å². The van der Waals surface area contributed by atoms with Crippen LogP contribution in [0.15, 0.2) is 70.8 Å². The summed E-state index contributed by atoms with van der Waals surface area (Å²) in [7, 11) is -0.956. The van der Waals surface area contributed by atoms with Crippen LogP contribution in [0.5, 0.6) is 5.75 Å². The van der Waals surface area contributed by atoms with Crippen LogP contribution >= 0.6 is 35.0 Å². The number of hydrogen-bond acceptors (Lipinski definition) is 19. The van der Waals surface area contributed by atoms with E-state index in [1.165, 1.54) is 37.1 Å². The molecule has 0 aliphatic rings. The third-order valence-corrected chi connectivity index (χ3v) is 14.6. The molecule has 0 bridgehead atoms. The number of hydrogen-bond donors (Lipinski definition) is 1. The lowest BCUT2D eigenvalue weighted by molar-refractivity contribution is -0.0293. The molecule has 458 valence electrons. The number of thioether (sulfide) groups is 1. The minimum absolute atomic E-state index is 0.0100. The van der Waals surface area contributed by atoms with E-state index in [4.69, 9.17) is 94.3 Å². The molecule has 1 heterocycles. The minimum atomic E-state index is -4.13. The lowest BCUT2D eigenvalue weighted by Gasteiger charge is -2.28. The van der Waals surface area contributed by atoms with Crippen molar-refractivity contribution in [2.24, 2.45) is 0 Å². The molecule has 0 aliphatic heterocycles. The molecule has 26 heteroatoms. The van der Waals surface area contributed by atoms with Crippen molar-refractivity contribution in [3.63, 3.8) is 0 Å². The number of sulfonamides is 1. The predicted molar refractivity (Wildman–Crippen MR) is 302 cm³/mol. The van der Waals surface area contributed by atoms with Crippen LogP contribution in [0.1, 0.15) is 30.7 Å². The van der Waals surface area contributed by atoms with Crippen molar-refractivity contribution in [2.75, 3.05) is 199 Å². The van der Waals surface area contributed by atoms with Crippen molar-refractivity contribution in [2.45, 2.75) is 35.1 Å². The first-order valence-electron chi connectivity index (χ1n) is 26.7. The second-order valence-corrected chi connectivity index (χ2v) is 21.2. The Bertz CT molecular complexity index is 2380. The molecule has 0 unspecified atom stereocenters. The van der Waals surface area contributed by atoms with Crippen molar-refractivity contribution >= 4 is 45.0 Å². The molecule has 0 aliphatic carbocycles. The first-order chi connectivity index (χ1) is 39.4. The van der Waals surface area contributed by atoms with Crippen LogP contribution in [0, 0.1) is 11.6 Å². The third kappa shape index (κ3) is 28.5. The van der Waals surface area contributed by atoms with E-state index in [0.717, 1.165) is 17.3 Å². The summed E-state index contributed by atoms with van der Waals surface area (Å²) in [5.74, 6) is -0.696. The lowest BCUT2D eigenvalue weighted by Crippen LogP contribution is -2.28. The van der Waals surface area contributed by atoms with Crippen molar-refractivity contribution in [3.05, 3.63) is 99.3 Å². The quantitative estimate of drug-likeness (QED) is 0.0342. The number of benzene rings is 3. The van der Waals surface area contributed by atoms with Crippen LogP contribution < -0.4 is 9.46 Å². The van der Waals surface area contributed by atoms with Gasteiger partial charge >= 0.3 is 0 Å². The Morgan fingerprint density at radius 2 is 0.951 bits per heavy atom. The fraction of sp³-hybridized carbons (Fsp3) is 0.618. The van der Waals surface area contributed by atoms with Gasteiger partial charge in [0.1, 0.15) is 17.4 Å². The number of aromatic nitrogens is 2. The summed E-state index contributed by atoms with van der Waals surface area (Å²) < 4.78 is 142. The molecule has 0 fully saturated rings. The van der Waals surface area contributed by atoms with Crippen LogP contribution in [0.4, 0.5) is 8.78 Å². The second-order valence-electron chi connectivity index (χ2n) is 17.7. The largest absolute Gasteiger partial charge is 0.495 e. The standard InChI is InChI=1S/C55H81Cl2F2N3O17S2/c1-55(2,44-5-10-49(56)52(39-44)66-4)53-42-60-54(62(53)46-8-6-45(58)7-9-46)80-43-48-50(57)40-47(41-51(48)59)81(63,64)61-11-12-67-15-16-69-19-20-71-23-24-73-27-28-75-31-32-77-35-36-79-38-37-78-34-33-76-30-29-74-26-25-72-22-21-70-18-17-68-14-13-65-3/h5-10,39-42,61H,11-38,43H2,1-4H3. The summed E-state index contributed by atoms with van der Waals surface area (Å²) in [5, 5.41) is 0.861. The van der Waals surface area contributed by atoms with Crippen LogP contribution in [-0.4, -0.2) is 217 Å². The molecule has 1 N–H and O–H groups in total. The fourth-order valence-electron chi connectivity index (χ4n) is 7.14. The number of ether oxygens (including phenoxy) is 15. The zero-order chi connectivity index (χ0) is 58.2. The van der Waals surface area contributed by atoms with E-state index < -0.39 is 27.1 Å². The maximum absolute atomic E-state index is 15.7. The van der Waals surface area contributed by atoms with Crippen LogP contribution in [-0.2, 0) is 87.5 Å². The van der Waals surface area contributed by atoms with Crippen molar-refractivity contribution in [1.29, 1.82) is 0 Å². The van der Waals surface area contributed by atoms with Gasteiger partial charge < -0.3 is 71.1 Å². The highest BCUT2D eigenvalue weighted by molar-refractivity contribution is 7.98. The van der Waals surface area contributed by atoms with Gasteiger partial charge in [-0.1, -0.05) is 54.9 Å². The molecule has 20 nitrogen and oxygen atoms in total. The molecule has 0 radical (unpaired) electrons. The summed E-state index contributed by atoms with van der Waals surface area (Å²) in [6.07, 6.45) is 1.71. The Hall–Kier alpha value is -3.19. The van der Waals surface area contributed by atoms with Gasteiger partial charge in [-0.2, -0.15) is 0 Å².